The highest BCUT2D eigenvalue weighted by Gasteiger charge is 2.16. The van der Waals surface area contributed by atoms with Crippen LogP contribution in [-0.2, 0) is 11.4 Å². The molecule has 2 aromatic carbocycles. The van der Waals surface area contributed by atoms with E-state index in [0.29, 0.717) is 12.6 Å². The molecule has 0 heterocycles. The Morgan fingerprint density at radius 3 is 2.70 bits per heavy atom. The Bertz CT molecular complexity index is 576. The molecule has 3 nitrogen and oxygen atoms in total. The van der Waals surface area contributed by atoms with Gasteiger partial charge in [-0.25, -0.2) is 0 Å². The molecule has 3 heteroatoms. The van der Waals surface area contributed by atoms with Crippen molar-refractivity contribution < 1.29 is 9.57 Å². The Hall–Kier alpha value is -1.58. The molecule has 106 valence electrons. The summed E-state index contributed by atoms with van der Waals surface area (Å²) in [6.07, 6.45) is 5.27. The molecule has 3 rings (SSSR count). The van der Waals surface area contributed by atoms with E-state index in [1.54, 1.807) is 7.11 Å². The second-order valence-corrected chi connectivity index (χ2v) is 5.31. The van der Waals surface area contributed by atoms with E-state index in [1.807, 2.05) is 6.07 Å². The summed E-state index contributed by atoms with van der Waals surface area (Å²) in [5, 5.41) is 2.44. The number of hydroxylamine groups is 1. The quantitative estimate of drug-likeness (QED) is 0.839. The van der Waals surface area contributed by atoms with Crippen LogP contribution >= 0.6 is 0 Å². The first kappa shape index (κ1) is 13.4. The summed E-state index contributed by atoms with van der Waals surface area (Å²) in [6.45, 7) is 0.668. The van der Waals surface area contributed by atoms with Gasteiger partial charge in [0.15, 0.2) is 0 Å². The minimum Gasteiger partial charge on any atom is -0.496 e. The highest BCUT2D eigenvalue weighted by atomic mass is 16.7. The van der Waals surface area contributed by atoms with Crippen LogP contribution in [0.5, 0.6) is 5.75 Å². The van der Waals surface area contributed by atoms with E-state index < -0.39 is 0 Å². The molecule has 0 atom stereocenters. The van der Waals surface area contributed by atoms with Crippen molar-refractivity contribution in [2.45, 2.75) is 38.3 Å². The van der Waals surface area contributed by atoms with Crippen LogP contribution in [0.15, 0.2) is 36.4 Å². The van der Waals surface area contributed by atoms with E-state index in [1.165, 1.54) is 36.5 Å². The normalized spacial score (nSPS) is 15.8. The van der Waals surface area contributed by atoms with Gasteiger partial charge in [0, 0.05) is 5.56 Å². The average Bonchev–Trinajstić information content (AvgIpc) is 3.00. The number of hydrogen-bond donors (Lipinski definition) is 1. The van der Waals surface area contributed by atoms with Crippen molar-refractivity contribution in [2.24, 2.45) is 0 Å². The van der Waals surface area contributed by atoms with Crippen LogP contribution in [0.25, 0.3) is 10.8 Å². The highest BCUT2D eigenvalue weighted by Crippen LogP contribution is 2.28. The number of nitrogens with one attached hydrogen (secondary N) is 1. The van der Waals surface area contributed by atoms with Gasteiger partial charge in [0.2, 0.25) is 0 Å². The average molecular weight is 271 g/mol. The van der Waals surface area contributed by atoms with Gasteiger partial charge in [0.1, 0.15) is 5.75 Å². The maximum Gasteiger partial charge on any atom is 0.124 e. The molecule has 1 N–H and O–H groups in total. The molecule has 2 aromatic rings. The van der Waals surface area contributed by atoms with Crippen LogP contribution in [0.2, 0.25) is 0 Å². The molecule has 0 radical (unpaired) electrons. The summed E-state index contributed by atoms with van der Waals surface area (Å²) in [6, 6.07) is 12.5. The van der Waals surface area contributed by atoms with Crippen LogP contribution in [0.1, 0.15) is 31.2 Å². The lowest BCUT2D eigenvalue weighted by Crippen LogP contribution is -2.21. The van der Waals surface area contributed by atoms with Crippen molar-refractivity contribution >= 4 is 10.8 Å². The molecule has 0 bridgehead atoms. The summed E-state index contributed by atoms with van der Waals surface area (Å²) in [5.41, 5.74) is 4.29. The lowest BCUT2D eigenvalue weighted by Gasteiger charge is -2.15. The van der Waals surface area contributed by atoms with Gasteiger partial charge in [-0.2, -0.15) is 5.48 Å². The van der Waals surface area contributed by atoms with Crippen LogP contribution in [0.4, 0.5) is 0 Å². The van der Waals surface area contributed by atoms with E-state index in [-0.39, 0.29) is 0 Å². The summed E-state index contributed by atoms with van der Waals surface area (Å²) < 4.78 is 5.48. The number of rotatable bonds is 5. The first-order chi connectivity index (χ1) is 9.88. The fourth-order valence-corrected chi connectivity index (χ4v) is 2.93. The fraction of sp³-hybridized carbons (Fsp3) is 0.412. The van der Waals surface area contributed by atoms with E-state index >= 15 is 0 Å². The SMILES string of the molecule is COc1ccc2ccccc2c1CNOC1CCCC1. The molecular formula is C17H21NO2. The smallest absolute Gasteiger partial charge is 0.124 e. The second kappa shape index (κ2) is 6.25. The fourth-order valence-electron chi connectivity index (χ4n) is 2.93. The maximum atomic E-state index is 5.75. The molecule has 1 aliphatic rings. The molecular weight excluding hydrogens is 250 g/mol. The molecule has 0 unspecified atom stereocenters. The third kappa shape index (κ3) is 2.79. The Labute approximate surface area is 119 Å². The molecule has 20 heavy (non-hydrogen) atoms. The molecule has 1 aliphatic carbocycles. The number of fused-ring (bicyclic) bond motifs is 1. The van der Waals surface area contributed by atoms with Gasteiger partial charge in [0.05, 0.1) is 19.8 Å². The molecule has 0 spiro atoms. The van der Waals surface area contributed by atoms with Crippen molar-refractivity contribution in [1.82, 2.24) is 5.48 Å². The third-order valence-electron chi connectivity index (χ3n) is 4.02. The molecule has 1 saturated carbocycles. The van der Waals surface area contributed by atoms with Gasteiger partial charge in [-0.1, -0.05) is 43.2 Å². The largest absolute Gasteiger partial charge is 0.496 e. The van der Waals surface area contributed by atoms with E-state index in [9.17, 15) is 0 Å². The predicted octanol–water partition coefficient (Wildman–Crippen LogP) is 3.81. The van der Waals surface area contributed by atoms with Gasteiger partial charge in [0.25, 0.3) is 0 Å². The van der Waals surface area contributed by atoms with Crippen molar-refractivity contribution in [3.63, 3.8) is 0 Å². The van der Waals surface area contributed by atoms with Crippen LogP contribution in [-0.4, -0.2) is 13.2 Å². The Morgan fingerprint density at radius 1 is 1.10 bits per heavy atom. The monoisotopic (exact) mass is 271 g/mol. The van der Waals surface area contributed by atoms with E-state index in [4.69, 9.17) is 9.57 Å². The zero-order valence-corrected chi connectivity index (χ0v) is 11.9. The summed E-state index contributed by atoms with van der Waals surface area (Å²) in [7, 11) is 1.71. The number of ether oxygens (including phenoxy) is 1. The summed E-state index contributed by atoms with van der Waals surface area (Å²) >= 11 is 0. The Balaban J connectivity index is 1.77. The first-order valence-corrected chi connectivity index (χ1v) is 7.31. The van der Waals surface area contributed by atoms with E-state index in [2.05, 4.69) is 35.8 Å². The summed E-state index contributed by atoms with van der Waals surface area (Å²) in [5.74, 6) is 0.909. The predicted molar refractivity (Wildman–Crippen MR) is 80.7 cm³/mol. The van der Waals surface area contributed by atoms with Crippen molar-refractivity contribution in [3.05, 3.63) is 42.0 Å². The minimum absolute atomic E-state index is 0.371. The topological polar surface area (TPSA) is 30.5 Å². The van der Waals surface area contributed by atoms with Gasteiger partial charge in [-0.3, -0.25) is 4.84 Å². The van der Waals surface area contributed by atoms with Crippen molar-refractivity contribution in [1.29, 1.82) is 0 Å². The zero-order chi connectivity index (χ0) is 13.8. The van der Waals surface area contributed by atoms with E-state index in [0.717, 1.165) is 11.3 Å². The molecule has 0 aromatic heterocycles. The Kier molecular flexibility index (Phi) is 4.19. The summed E-state index contributed by atoms with van der Waals surface area (Å²) in [4.78, 5) is 5.75. The molecule has 0 aliphatic heterocycles. The van der Waals surface area contributed by atoms with Gasteiger partial charge in [-0.05, 0) is 29.7 Å². The lowest BCUT2D eigenvalue weighted by atomic mass is 10.0. The lowest BCUT2D eigenvalue weighted by molar-refractivity contribution is -0.0244. The minimum atomic E-state index is 0.371. The maximum absolute atomic E-state index is 5.75. The number of benzene rings is 2. The molecule has 1 fully saturated rings. The number of methoxy groups -OCH3 is 1. The van der Waals surface area contributed by atoms with Crippen molar-refractivity contribution in [3.8, 4) is 5.75 Å². The van der Waals surface area contributed by atoms with Crippen LogP contribution in [0.3, 0.4) is 0 Å². The van der Waals surface area contributed by atoms with Gasteiger partial charge < -0.3 is 4.74 Å². The molecule has 0 saturated heterocycles. The van der Waals surface area contributed by atoms with Gasteiger partial charge in [-0.15, -0.1) is 0 Å². The third-order valence-corrected chi connectivity index (χ3v) is 4.02. The van der Waals surface area contributed by atoms with Crippen molar-refractivity contribution in [2.75, 3.05) is 7.11 Å². The van der Waals surface area contributed by atoms with Crippen LogP contribution < -0.4 is 10.2 Å². The standard InChI is InChI=1S/C17H21NO2/c1-19-17-11-10-13-6-2-5-9-15(13)16(17)12-18-20-14-7-3-4-8-14/h2,5-6,9-11,14,18H,3-4,7-8,12H2,1H3. The Morgan fingerprint density at radius 2 is 1.90 bits per heavy atom. The van der Waals surface area contributed by atoms with Crippen LogP contribution in [0, 0.1) is 0 Å². The van der Waals surface area contributed by atoms with Gasteiger partial charge >= 0.3 is 0 Å². The first-order valence-electron chi connectivity index (χ1n) is 7.31. The highest BCUT2D eigenvalue weighted by molar-refractivity contribution is 5.87. The number of hydrogen-bond acceptors (Lipinski definition) is 3. The molecule has 0 amide bonds. The zero-order valence-electron chi connectivity index (χ0n) is 11.9. The second-order valence-electron chi connectivity index (χ2n) is 5.31.